The van der Waals surface area contributed by atoms with E-state index in [4.69, 9.17) is 4.74 Å². The number of nitrogens with zero attached hydrogens (tertiary/aromatic N) is 5. The first-order valence-electron chi connectivity index (χ1n) is 11.2. The number of benzene rings is 1. The van der Waals surface area contributed by atoms with Crippen molar-refractivity contribution in [2.75, 3.05) is 17.7 Å². The Bertz CT molecular complexity index is 1260. The number of rotatable bonds is 8. The zero-order valence-electron chi connectivity index (χ0n) is 18.9. The van der Waals surface area contributed by atoms with E-state index in [-0.39, 0.29) is 17.4 Å². The minimum Gasteiger partial charge on any atom is -0.494 e. The lowest BCUT2D eigenvalue weighted by atomic mass is 10.1. The molecule has 0 bridgehead atoms. The fraction of sp³-hybridized carbons (Fsp3) is 0.435. The molecule has 0 spiro atoms. The highest BCUT2D eigenvalue weighted by molar-refractivity contribution is 5.94. The van der Waals surface area contributed by atoms with Gasteiger partial charge in [-0.25, -0.2) is 9.67 Å². The molecule has 33 heavy (non-hydrogen) atoms. The highest BCUT2D eigenvalue weighted by Crippen LogP contribution is 2.39. The Balaban J connectivity index is 1.50. The van der Waals surface area contributed by atoms with E-state index in [0.29, 0.717) is 52.7 Å². The van der Waals surface area contributed by atoms with Gasteiger partial charge in [0.1, 0.15) is 12.0 Å². The van der Waals surface area contributed by atoms with Crippen LogP contribution in [0.2, 0.25) is 0 Å². The van der Waals surface area contributed by atoms with Crippen LogP contribution in [-0.4, -0.2) is 37.6 Å². The summed E-state index contributed by atoms with van der Waals surface area (Å²) in [6.45, 7) is 2.58. The summed E-state index contributed by atoms with van der Waals surface area (Å²) in [4.78, 5) is 30.0. The summed E-state index contributed by atoms with van der Waals surface area (Å²) in [5.74, 6) is 2.19. The number of ether oxygens (including phenoxy) is 1. The smallest absolute Gasteiger partial charge is 0.290 e. The summed E-state index contributed by atoms with van der Waals surface area (Å²) in [6.07, 6.45) is 4.66. The molecule has 2 aliphatic rings. The molecular formula is C23H27N7O3. The minimum absolute atomic E-state index is 0.00895. The van der Waals surface area contributed by atoms with Crippen molar-refractivity contribution >= 4 is 23.1 Å². The maximum Gasteiger partial charge on any atom is 0.290 e. The van der Waals surface area contributed by atoms with Gasteiger partial charge < -0.3 is 15.4 Å². The molecule has 3 aromatic rings. The molecule has 172 valence electrons. The first-order chi connectivity index (χ1) is 15.9. The summed E-state index contributed by atoms with van der Waals surface area (Å²) in [6, 6.07) is 7.11. The molecule has 1 amide bonds. The SMILES string of the molecule is COc1c(Nc2cc(NC(=O)C3CC3C)nn(CC3CC3)c2=O)cccc1-c1ncn(C)n1. The molecule has 2 atom stereocenters. The average molecular weight is 450 g/mol. The topological polar surface area (TPSA) is 116 Å². The van der Waals surface area contributed by atoms with Crippen molar-refractivity contribution in [3.05, 3.63) is 40.9 Å². The van der Waals surface area contributed by atoms with Crippen molar-refractivity contribution in [1.82, 2.24) is 24.5 Å². The van der Waals surface area contributed by atoms with E-state index in [0.717, 1.165) is 19.3 Å². The van der Waals surface area contributed by atoms with Gasteiger partial charge in [-0.2, -0.15) is 10.2 Å². The van der Waals surface area contributed by atoms with Gasteiger partial charge in [-0.15, -0.1) is 0 Å². The summed E-state index contributed by atoms with van der Waals surface area (Å²) >= 11 is 0. The third-order valence-electron chi connectivity index (χ3n) is 6.13. The van der Waals surface area contributed by atoms with Crippen molar-refractivity contribution in [3.8, 4) is 17.1 Å². The van der Waals surface area contributed by atoms with Crippen LogP contribution in [-0.2, 0) is 18.4 Å². The molecule has 1 aromatic carbocycles. The molecule has 10 nitrogen and oxygen atoms in total. The first-order valence-corrected chi connectivity index (χ1v) is 11.2. The van der Waals surface area contributed by atoms with Crippen LogP contribution in [0.3, 0.4) is 0 Å². The molecule has 0 radical (unpaired) electrons. The van der Waals surface area contributed by atoms with E-state index < -0.39 is 0 Å². The molecular weight excluding hydrogens is 422 g/mol. The van der Waals surface area contributed by atoms with Crippen LogP contribution in [0.4, 0.5) is 17.2 Å². The maximum atomic E-state index is 13.2. The van der Waals surface area contributed by atoms with Gasteiger partial charge in [0.15, 0.2) is 17.4 Å². The lowest BCUT2D eigenvalue weighted by Crippen LogP contribution is -2.28. The van der Waals surface area contributed by atoms with Crippen LogP contribution in [0.5, 0.6) is 5.75 Å². The third-order valence-corrected chi connectivity index (χ3v) is 6.13. The van der Waals surface area contributed by atoms with Crippen LogP contribution in [0.25, 0.3) is 11.4 Å². The molecule has 10 heteroatoms. The van der Waals surface area contributed by atoms with Crippen LogP contribution in [0.1, 0.15) is 26.2 Å². The summed E-state index contributed by atoms with van der Waals surface area (Å²) in [5, 5.41) is 14.9. The molecule has 2 saturated carbocycles. The number of amides is 1. The lowest BCUT2D eigenvalue weighted by Gasteiger charge is -2.16. The number of carbonyl (C=O) groups is 1. The number of hydrogen-bond donors (Lipinski definition) is 2. The monoisotopic (exact) mass is 449 g/mol. The van der Waals surface area contributed by atoms with Gasteiger partial charge in [0.05, 0.1) is 18.4 Å². The van der Waals surface area contributed by atoms with Crippen molar-refractivity contribution in [2.45, 2.75) is 32.7 Å². The highest BCUT2D eigenvalue weighted by atomic mass is 16.5. The Morgan fingerprint density at radius 2 is 2.03 bits per heavy atom. The Morgan fingerprint density at radius 1 is 1.24 bits per heavy atom. The molecule has 2 N–H and O–H groups in total. The zero-order valence-corrected chi connectivity index (χ0v) is 18.9. The van der Waals surface area contributed by atoms with Crippen LogP contribution in [0.15, 0.2) is 35.4 Å². The largest absolute Gasteiger partial charge is 0.494 e. The number of aromatic nitrogens is 5. The fourth-order valence-corrected chi connectivity index (χ4v) is 3.91. The quantitative estimate of drug-likeness (QED) is 0.543. The standard InChI is InChI=1S/C23H27N7O3/c1-13-9-16(13)22(31)26-19-10-18(23(32)30(27-19)11-14-7-8-14)25-17-6-4-5-15(20(17)33-3)21-24-12-29(2)28-21/h4-6,10,12-14,16,25H,7-9,11H2,1-3H3,(H,26,27,31). The second kappa shape index (κ2) is 8.34. The Hall–Kier alpha value is -3.69. The van der Waals surface area contributed by atoms with Gasteiger partial charge in [-0.1, -0.05) is 13.0 Å². The number of methoxy groups -OCH3 is 1. The predicted octanol–water partition coefficient (Wildman–Crippen LogP) is 2.80. The molecule has 2 aliphatic carbocycles. The van der Waals surface area contributed by atoms with Crippen LogP contribution in [0, 0.1) is 17.8 Å². The minimum atomic E-state index is -0.247. The highest BCUT2D eigenvalue weighted by Gasteiger charge is 2.39. The van der Waals surface area contributed by atoms with Crippen LogP contribution >= 0.6 is 0 Å². The summed E-state index contributed by atoms with van der Waals surface area (Å²) in [5.41, 5.74) is 1.36. The summed E-state index contributed by atoms with van der Waals surface area (Å²) in [7, 11) is 3.36. The number of aryl methyl sites for hydroxylation is 1. The van der Waals surface area contributed by atoms with Crippen molar-refractivity contribution in [2.24, 2.45) is 24.8 Å². The van der Waals surface area contributed by atoms with Crippen molar-refractivity contribution in [1.29, 1.82) is 0 Å². The van der Waals surface area contributed by atoms with Crippen LogP contribution < -0.4 is 20.9 Å². The molecule has 0 aliphatic heterocycles. The second-order valence-corrected chi connectivity index (χ2v) is 8.94. The van der Waals surface area contributed by atoms with Gasteiger partial charge in [-0.05, 0) is 43.2 Å². The number of nitrogens with one attached hydrogen (secondary N) is 2. The molecule has 5 rings (SSSR count). The molecule has 2 unspecified atom stereocenters. The van der Waals surface area contributed by atoms with Gasteiger partial charge >= 0.3 is 0 Å². The molecule has 2 fully saturated rings. The van der Waals surface area contributed by atoms with E-state index in [2.05, 4.69) is 25.8 Å². The van der Waals surface area contributed by atoms with Gasteiger partial charge in [0, 0.05) is 25.6 Å². The van der Waals surface area contributed by atoms with E-state index in [9.17, 15) is 9.59 Å². The number of carbonyl (C=O) groups excluding carboxylic acids is 1. The van der Waals surface area contributed by atoms with E-state index in [1.54, 1.807) is 31.2 Å². The summed E-state index contributed by atoms with van der Waals surface area (Å²) < 4.78 is 8.72. The van der Waals surface area contributed by atoms with E-state index >= 15 is 0 Å². The molecule has 0 saturated heterocycles. The van der Waals surface area contributed by atoms with Gasteiger partial charge in [-0.3, -0.25) is 14.3 Å². The Morgan fingerprint density at radius 3 is 2.67 bits per heavy atom. The van der Waals surface area contributed by atoms with Gasteiger partial charge in [0.25, 0.3) is 5.56 Å². The maximum absolute atomic E-state index is 13.2. The zero-order chi connectivity index (χ0) is 23.1. The number of para-hydroxylation sites is 1. The predicted molar refractivity (Wildman–Crippen MR) is 123 cm³/mol. The number of hydrogen-bond acceptors (Lipinski definition) is 7. The normalized spacial score (nSPS) is 19.2. The van der Waals surface area contributed by atoms with E-state index in [1.807, 2.05) is 25.1 Å². The number of anilines is 3. The second-order valence-electron chi connectivity index (χ2n) is 8.94. The lowest BCUT2D eigenvalue weighted by molar-refractivity contribution is -0.117. The van der Waals surface area contributed by atoms with Crippen molar-refractivity contribution in [3.63, 3.8) is 0 Å². The molecule has 2 heterocycles. The third kappa shape index (κ3) is 4.46. The average Bonchev–Trinajstić information content (AvgIpc) is 3.71. The fourth-order valence-electron chi connectivity index (χ4n) is 3.91. The molecule has 2 aromatic heterocycles. The van der Waals surface area contributed by atoms with Gasteiger partial charge in [0.2, 0.25) is 5.91 Å². The first kappa shape index (κ1) is 21.2. The Kier molecular flexibility index (Phi) is 5.35. The van der Waals surface area contributed by atoms with E-state index in [1.165, 1.54) is 4.68 Å². The van der Waals surface area contributed by atoms with Crippen molar-refractivity contribution < 1.29 is 9.53 Å². The Labute approximate surface area is 191 Å².